The third-order valence-corrected chi connectivity index (χ3v) is 3.63. The predicted octanol–water partition coefficient (Wildman–Crippen LogP) is 3.38. The summed E-state index contributed by atoms with van der Waals surface area (Å²) in [6, 6.07) is 10.2. The summed E-state index contributed by atoms with van der Waals surface area (Å²) in [5.74, 6) is -0.184. The van der Waals surface area contributed by atoms with E-state index in [0.29, 0.717) is 19.1 Å². The standard InChI is InChI=1S/C16H24O3/c1-12-13(2)18-16(3,4)19-15(12)11-17-10-14-8-6-5-7-9-14/h5-9,12-13,15H,10-11H2,1-4H3/t12-,13-,15+/m1/s1. The lowest BCUT2D eigenvalue weighted by Crippen LogP contribution is -2.50. The van der Waals surface area contributed by atoms with Gasteiger partial charge in [0.05, 0.1) is 25.4 Å². The smallest absolute Gasteiger partial charge is 0.163 e. The zero-order chi connectivity index (χ0) is 13.9. The van der Waals surface area contributed by atoms with Crippen LogP contribution in [-0.4, -0.2) is 24.6 Å². The highest BCUT2D eigenvalue weighted by Gasteiger charge is 2.38. The van der Waals surface area contributed by atoms with Gasteiger partial charge in [-0.05, 0) is 26.3 Å². The largest absolute Gasteiger partial charge is 0.374 e. The van der Waals surface area contributed by atoms with Gasteiger partial charge >= 0.3 is 0 Å². The summed E-state index contributed by atoms with van der Waals surface area (Å²) in [6.45, 7) is 9.39. The molecule has 19 heavy (non-hydrogen) atoms. The Morgan fingerprint density at radius 3 is 2.47 bits per heavy atom. The van der Waals surface area contributed by atoms with Crippen molar-refractivity contribution in [1.29, 1.82) is 0 Å². The van der Waals surface area contributed by atoms with E-state index < -0.39 is 5.79 Å². The third-order valence-electron chi connectivity index (χ3n) is 3.63. The van der Waals surface area contributed by atoms with Crippen LogP contribution in [0.25, 0.3) is 0 Å². The summed E-state index contributed by atoms with van der Waals surface area (Å²) in [5, 5.41) is 0. The molecule has 3 heteroatoms. The van der Waals surface area contributed by atoms with E-state index in [0.717, 1.165) is 0 Å². The molecule has 0 spiro atoms. The highest BCUT2D eigenvalue weighted by molar-refractivity contribution is 5.13. The van der Waals surface area contributed by atoms with E-state index in [1.54, 1.807) is 0 Å². The monoisotopic (exact) mass is 264 g/mol. The van der Waals surface area contributed by atoms with Crippen molar-refractivity contribution < 1.29 is 14.2 Å². The van der Waals surface area contributed by atoms with Crippen LogP contribution < -0.4 is 0 Å². The summed E-state index contributed by atoms with van der Waals surface area (Å²) in [5.41, 5.74) is 1.19. The molecule has 0 unspecified atom stereocenters. The van der Waals surface area contributed by atoms with Crippen LogP contribution in [0.15, 0.2) is 30.3 Å². The second kappa shape index (κ2) is 6.04. The minimum absolute atomic E-state index is 0.0856. The maximum Gasteiger partial charge on any atom is 0.163 e. The summed E-state index contributed by atoms with van der Waals surface area (Å²) in [7, 11) is 0. The van der Waals surface area contributed by atoms with Crippen LogP contribution in [0.1, 0.15) is 33.3 Å². The summed E-state index contributed by atoms with van der Waals surface area (Å²) in [6.07, 6.45) is 0.275. The van der Waals surface area contributed by atoms with Crippen molar-refractivity contribution in [2.24, 2.45) is 5.92 Å². The van der Waals surface area contributed by atoms with Gasteiger partial charge < -0.3 is 14.2 Å². The molecule has 0 bridgehead atoms. The molecule has 1 heterocycles. The molecule has 106 valence electrons. The van der Waals surface area contributed by atoms with Crippen molar-refractivity contribution in [3.63, 3.8) is 0 Å². The number of hydrogen-bond acceptors (Lipinski definition) is 3. The Balaban J connectivity index is 1.84. The van der Waals surface area contributed by atoms with Crippen molar-refractivity contribution >= 4 is 0 Å². The van der Waals surface area contributed by atoms with Crippen LogP contribution in [0.3, 0.4) is 0 Å². The third kappa shape index (κ3) is 4.03. The van der Waals surface area contributed by atoms with Crippen molar-refractivity contribution in [3.05, 3.63) is 35.9 Å². The maximum absolute atomic E-state index is 5.95. The van der Waals surface area contributed by atoms with Gasteiger partial charge in [0.25, 0.3) is 0 Å². The van der Waals surface area contributed by atoms with Gasteiger partial charge in [0, 0.05) is 5.92 Å². The topological polar surface area (TPSA) is 27.7 Å². The summed E-state index contributed by atoms with van der Waals surface area (Å²) in [4.78, 5) is 0. The van der Waals surface area contributed by atoms with Gasteiger partial charge in [0.2, 0.25) is 0 Å². The van der Waals surface area contributed by atoms with Crippen molar-refractivity contribution in [1.82, 2.24) is 0 Å². The first-order valence-electron chi connectivity index (χ1n) is 6.95. The highest BCUT2D eigenvalue weighted by Crippen LogP contribution is 2.30. The van der Waals surface area contributed by atoms with Gasteiger partial charge in [-0.15, -0.1) is 0 Å². The zero-order valence-corrected chi connectivity index (χ0v) is 12.3. The molecule has 0 saturated carbocycles. The van der Waals surface area contributed by atoms with Gasteiger partial charge in [-0.1, -0.05) is 37.3 Å². The fourth-order valence-electron chi connectivity index (χ4n) is 2.41. The maximum atomic E-state index is 5.95. The van der Waals surface area contributed by atoms with Gasteiger partial charge in [-0.2, -0.15) is 0 Å². The summed E-state index contributed by atoms with van der Waals surface area (Å²) < 4.78 is 17.5. The molecule has 0 N–H and O–H groups in total. The highest BCUT2D eigenvalue weighted by atomic mass is 16.7. The first-order valence-corrected chi connectivity index (χ1v) is 6.95. The molecule has 3 atom stereocenters. The Morgan fingerprint density at radius 1 is 1.11 bits per heavy atom. The lowest BCUT2D eigenvalue weighted by Gasteiger charge is -2.43. The Hall–Kier alpha value is -0.900. The van der Waals surface area contributed by atoms with Crippen molar-refractivity contribution in [2.45, 2.75) is 52.3 Å². The molecular formula is C16H24O3. The number of ether oxygens (including phenoxy) is 3. The Labute approximate surface area is 115 Å². The predicted molar refractivity (Wildman–Crippen MR) is 74.8 cm³/mol. The molecule has 1 aromatic carbocycles. The number of hydrogen-bond donors (Lipinski definition) is 0. The van der Waals surface area contributed by atoms with Gasteiger partial charge in [0.15, 0.2) is 5.79 Å². The van der Waals surface area contributed by atoms with E-state index in [2.05, 4.69) is 26.0 Å². The molecule has 0 aromatic heterocycles. The van der Waals surface area contributed by atoms with E-state index in [1.807, 2.05) is 32.0 Å². The Bertz CT molecular complexity index is 388. The first-order chi connectivity index (χ1) is 8.98. The van der Waals surface area contributed by atoms with Crippen LogP contribution >= 0.6 is 0 Å². The van der Waals surface area contributed by atoms with E-state index in [9.17, 15) is 0 Å². The fourth-order valence-corrected chi connectivity index (χ4v) is 2.41. The SMILES string of the molecule is C[C@H]1[C@H](COCc2ccccc2)OC(C)(C)O[C@@H]1C. The van der Waals surface area contributed by atoms with Gasteiger partial charge in [0.1, 0.15) is 0 Å². The van der Waals surface area contributed by atoms with Crippen LogP contribution in [0.5, 0.6) is 0 Å². The number of benzene rings is 1. The molecule has 1 fully saturated rings. The van der Waals surface area contributed by atoms with E-state index in [4.69, 9.17) is 14.2 Å². The van der Waals surface area contributed by atoms with Gasteiger partial charge in [-0.25, -0.2) is 0 Å². The lowest BCUT2D eigenvalue weighted by molar-refractivity contribution is -0.321. The molecule has 0 radical (unpaired) electrons. The van der Waals surface area contributed by atoms with Crippen LogP contribution in [0, 0.1) is 5.92 Å². The summed E-state index contributed by atoms with van der Waals surface area (Å²) >= 11 is 0. The van der Waals surface area contributed by atoms with E-state index in [1.165, 1.54) is 5.56 Å². The molecule has 0 aliphatic carbocycles. The number of rotatable bonds is 4. The molecule has 1 saturated heterocycles. The average Bonchev–Trinajstić information content (AvgIpc) is 2.36. The van der Waals surface area contributed by atoms with Crippen molar-refractivity contribution in [3.8, 4) is 0 Å². The molecule has 1 aliphatic rings. The fraction of sp³-hybridized carbons (Fsp3) is 0.625. The molecule has 2 rings (SSSR count). The van der Waals surface area contributed by atoms with E-state index in [-0.39, 0.29) is 12.2 Å². The molecule has 0 amide bonds. The molecule has 1 aromatic rings. The molecule has 3 nitrogen and oxygen atoms in total. The minimum Gasteiger partial charge on any atom is -0.374 e. The average molecular weight is 264 g/mol. The molecular weight excluding hydrogens is 240 g/mol. The minimum atomic E-state index is -0.521. The normalized spacial score (nSPS) is 30.2. The lowest BCUT2D eigenvalue weighted by atomic mass is 9.97. The first kappa shape index (κ1) is 14.5. The van der Waals surface area contributed by atoms with Crippen molar-refractivity contribution in [2.75, 3.05) is 6.61 Å². The van der Waals surface area contributed by atoms with Crippen LogP contribution in [0.2, 0.25) is 0 Å². The van der Waals surface area contributed by atoms with Crippen LogP contribution in [0.4, 0.5) is 0 Å². The molecule has 1 aliphatic heterocycles. The van der Waals surface area contributed by atoms with Crippen LogP contribution in [-0.2, 0) is 20.8 Å². The quantitative estimate of drug-likeness (QED) is 0.834. The second-order valence-corrected chi connectivity index (χ2v) is 5.74. The zero-order valence-electron chi connectivity index (χ0n) is 12.3. The van der Waals surface area contributed by atoms with E-state index >= 15 is 0 Å². The Kier molecular flexibility index (Phi) is 4.61. The van der Waals surface area contributed by atoms with Gasteiger partial charge in [-0.3, -0.25) is 0 Å². The second-order valence-electron chi connectivity index (χ2n) is 5.74. The Morgan fingerprint density at radius 2 is 1.79 bits per heavy atom.